The van der Waals surface area contributed by atoms with Gasteiger partial charge < -0.3 is 10.6 Å². The number of aromatic nitrogens is 5. The second-order valence-electron chi connectivity index (χ2n) is 6.83. The van der Waals surface area contributed by atoms with Crippen molar-refractivity contribution in [2.24, 2.45) is 5.10 Å². The Morgan fingerprint density at radius 3 is 2.53 bits per heavy atom. The minimum atomic E-state index is -0.490. The maximum Gasteiger partial charge on any atom is 0.293 e. The molecule has 0 radical (unpaired) electrons. The van der Waals surface area contributed by atoms with Crippen molar-refractivity contribution in [3.8, 4) is 5.82 Å². The lowest BCUT2D eigenvalue weighted by molar-refractivity contribution is 0.0948. The molecule has 30 heavy (non-hydrogen) atoms. The first kappa shape index (κ1) is 21.0. The maximum atomic E-state index is 12.6. The van der Waals surface area contributed by atoms with Crippen LogP contribution in [-0.4, -0.2) is 50.5 Å². The third-order valence-corrected chi connectivity index (χ3v) is 4.56. The number of nitrogens with two attached hydrogens (primary N) is 1. The highest BCUT2D eigenvalue weighted by atomic mass is 16.6. The van der Waals surface area contributed by atoms with Crippen LogP contribution in [-0.2, 0) is 0 Å². The third-order valence-electron chi connectivity index (χ3n) is 4.56. The van der Waals surface area contributed by atoms with Gasteiger partial charge in [-0.05, 0) is 47.8 Å². The quantitative estimate of drug-likeness (QED) is 0.423. The first-order valence-corrected chi connectivity index (χ1v) is 9.68. The zero-order valence-electron chi connectivity index (χ0n) is 17.4. The van der Waals surface area contributed by atoms with Crippen LogP contribution >= 0.6 is 0 Å². The molecule has 0 saturated carbocycles. The van der Waals surface area contributed by atoms with Gasteiger partial charge >= 0.3 is 0 Å². The standard InChI is InChI=1S/C19H25N9O2/c1-5-27(6-2)14-9-7-13(8-10-14)11-21-23-19(29)15-16(12(3)4)28(26-22-15)18-17(20)24-30-25-18/h7-12H,5-6H2,1-4H3,(H2,20,24)(H,23,29)/b21-11-. The number of amides is 1. The second kappa shape index (κ2) is 9.16. The predicted octanol–water partition coefficient (Wildman–Crippen LogP) is 1.97. The molecule has 1 amide bonds. The fraction of sp³-hybridized carbons (Fsp3) is 0.368. The van der Waals surface area contributed by atoms with Gasteiger partial charge in [-0.2, -0.15) is 9.78 Å². The van der Waals surface area contributed by atoms with Gasteiger partial charge in [-0.1, -0.05) is 31.2 Å². The number of hydrogen-bond donors (Lipinski definition) is 2. The van der Waals surface area contributed by atoms with E-state index in [1.54, 1.807) is 6.21 Å². The number of nitrogens with one attached hydrogen (secondary N) is 1. The Balaban J connectivity index is 1.74. The van der Waals surface area contributed by atoms with Crippen LogP contribution in [0.2, 0.25) is 0 Å². The molecule has 0 unspecified atom stereocenters. The average molecular weight is 411 g/mol. The van der Waals surface area contributed by atoms with Crippen LogP contribution in [0.5, 0.6) is 0 Å². The first-order valence-electron chi connectivity index (χ1n) is 9.68. The van der Waals surface area contributed by atoms with Crippen molar-refractivity contribution in [1.29, 1.82) is 0 Å². The highest BCUT2D eigenvalue weighted by Crippen LogP contribution is 2.22. The molecule has 0 spiro atoms. The van der Waals surface area contributed by atoms with Crippen LogP contribution in [0.4, 0.5) is 11.5 Å². The van der Waals surface area contributed by atoms with Gasteiger partial charge in [0.05, 0.1) is 11.9 Å². The number of nitrogens with zero attached hydrogens (tertiary/aromatic N) is 7. The van der Waals surface area contributed by atoms with Crippen LogP contribution in [0.3, 0.4) is 0 Å². The third kappa shape index (κ3) is 4.29. The van der Waals surface area contributed by atoms with E-state index in [9.17, 15) is 4.79 Å². The maximum absolute atomic E-state index is 12.6. The van der Waals surface area contributed by atoms with E-state index >= 15 is 0 Å². The predicted molar refractivity (Wildman–Crippen MR) is 113 cm³/mol. The van der Waals surface area contributed by atoms with Crippen molar-refractivity contribution in [1.82, 2.24) is 30.7 Å². The molecule has 0 aliphatic rings. The molecule has 2 aromatic heterocycles. The summed E-state index contributed by atoms with van der Waals surface area (Å²) >= 11 is 0. The summed E-state index contributed by atoms with van der Waals surface area (Å²) in [6.45, 7) is 9.91. The van der Waals surface area contributed by atoms with Gasteiger partial charge in [0.15, 0.2) is 5.69 Å². The summed E-state index contributed by atoms with van der Waals surface area (Å²) in [6, 6.07) is 7.93. The SMILES string of the molecule is CCN(CC)c1ccc(/C=N\NC(=O)c2nnn(-c3nonc3N)c2C(C)C)cc1. The molecule has 3 rings (SSSR count). The number of carbonyl (C=O) groups is 1. The van der Waals surface area contributed by atoms with Gasteiger partial charge in [0, 0.05) is 18.8 Å². The highest BCUT2D eigenvalue weighted by molar-refractivity contribution is 5.94. The van der Waals surface area contributed by atoms with Gasteiger partial charge in [-0.25, -0.2) is 10.1 Å². The summed E-state index contributed by atoms with van der Waals surface area (Å²) in [5.41, 5.74) is 10.9. The summed E-state index contributed by atoms with van der Waals surface area (Å²) in [4.78, 5) is 14.9. The van der Waals surface area contributed by atoms with Gasteiger partial charge in [-0.15, -0.1) is 5.10 Å². The molecular weight excluding hydrogens is 386 g/mol. The number of benzene rings is 1. The topological polar surface area (TPSA) is 140 Å². The van der Waals surface area contributed by atoms with Crippen molar-refractivity contribution in [3.05, 3.63) is 41.2 Å². The molecule has 11 nitrogen and oxygen atoms in total. The summed E-state index contributed by atoms with van der Waals surface area (Å²) in [6.07, 6.45) is 1.57. The summed E-state index contributed by atoms with van der Waals surface area (Å²) in [7, 11) is 0. The molecular formula is C19H25N9O2. The van der Waals surface area contributed by atoms with Crippen LogP contribution in [0, 0.1) is 0 Å². The Labute approximate surface area is 173 Å². The monoisotopic (exact) mass is 411 g/mol. The molecule has 0 fully saturated rings. The van der Waals surface area contributed by atoms with Crippen LogP contribution in [0.25, 0.3) is 5.82 Å². The van der Waals surface area contributed by atoms with Gasteiger partial charge in [0.25, 0.3) is 5.91 Å². The number of hydrazone groups is 1. The van der Waals surface area contributed by atoms with E-state index in [1.165, 1.54) is 4.68 Å². The largest absolute Gasteiger partial charge is 0.378 e. The fourth-order valence-corrected chi connectivity index (χ4v) is 3.04. The van der Waals surface area contributed by atoms with E-state index in [1.807, 2.05) is 38.1 Å². The van der Waals surface area contributed by atoms with E-state index in [0.29, 0.717) is 5.69 Å². The summed E-state index contributed by atoms with van der Waals surface area (Å²) < 4.78 is 5.96. The summed E-state index contributed by atoms with van der Waals surface area (Å²) in [5, 5.41) is 19.2. The Morgan fingerprint density at radius 1 is 1.27 bits per heavy atom. The van der Waals surface area contributed by atoms with Crippen molar-refractivity contribution < 1.29 is 9.42 Å². The van der Waals surface area contributed by atoms with E-state index in [-0.39, 0.29) is 23.2 Å². The molecule has 0 aliphatic carbocycles. The second-order valence-corrected chi connectivity index (χ2v) is 6.83. The number of anilines is 2. The normalized spacial score (nSPS) is 11.4. The van der Waals surface area contributed by atoms with E-state index < -0.39 is 5.91 Å². The highest BCUT2D eigenvalue weighted by Gasteiger charge is 2.25. The molecule has 0 atom stereocenters. The van der Waals surface area contributed by atoms with Crippen molar-refractivity contribution in [3.63, 3.8) is 0 Å². The van der Waals surface area contributed by atoms with Gasteiger partial charge in [-0.3, -0.25) is 4.79 Å². The number of rotatable bonds is 8. The number of nitrogen functional groups attached to an aromatic ring is 1. The number of carbonyl (C=O) groups excluding carboxylic acids is 1. The molecule has 0 saturated heterocycles. The lowest BCUT2D eigenvalue weighted by Crippen LogP contribution is -2.21. The van der Waals surface area contributed by atoms with Crippen molar-refractivity contribution in [2.45, 2.75) is 33.6 Å². The Hall–Kier alpha value is -3.76. The molecule has 3 N–H and O–H groups in total. The number of hydrogen-bond acceptors (Lipinski definition) is 9. The molecule has 11 heteroatoms. The smallest absolute Gasteiger partial charge is 0.293 e. The fourth-order valence-electron chi connectivity index (χ4n) is 3.04. The summed E-state index contributed by atoms with van der Waals surface area (Å²) in [5.74, 6) is -0.341. The van der Waals surface area contributed by atoms with E-state index in [2.05, 4.69) is 54.5 Å². The van der Waals surface area contributed by atoms with Crippen molar-refractivity contribution in [2.75, 3.05) is 23.7 Å². The van der Waals surface area contributed by atoms with Crippen molar-refractivity contribution >= 4 is 23.6 Å². The zero-order valence-corrected chi connectivity index (χ0v) is 17.4. The molecule has 0 aliphatic heterocycles. The molecule has 2 heterocycles. The van der Waals surface area contributed by atoms with Gasteiger partial charge in [0.1, 0.15) is 0 Å². The Bertz CT molecular complexity index is 1020. The van der Waals surface area contributed by atoms with Crippen LogP contribution in [0.1, 0.15) is 55.4 Å². The average Bonchev–Trinajstić information content (AvgIpc) is 3.36. The van der Waals surface area contributed by atoms with Gasteiger partial charge in [0.2, 0.25) is 11.6 Å². The minimum absolute atomic E-state index is 0.0555. The van der Waals surface area contributed by atoms with Crippen LogP contribution in [0.15, 0.2) is 34.0 Å². The minimum Gasteiger partial charge on any atom is -0.378 e. The molecule has 0 bridgehead atoms. The Kier molecular flexibility index (Phi) is 6.40. The van der Waals surface area contributed by atoms with E-state index in [4.69, 9.17) is 5.73 Å². The lowest BCUT2D eigenvalue weighted by Gasteiger charge is -2.20. The zero-order chi connectivity index (χ0) is 21.7. The molecule has 3 aromatic rings. The first-order chi connectivity index (χ1) is 14.5. The van der Waals surface area contributed by atoms with Crippen LogP contribution < -0.4 is 16.1 Å². The van der Waals surface area contributed by atoms with E-state index in [0.717, 1.165) is 24.3 Å². The molecule has 1 aromatic carbocycles. The molecule has 158 valence electrons. The Morgan fingerprint density at radius 2 is 1.97 bits per heavy atom. The lowest BCUT2D eigenvalue weighted by atomic mass is 10.1.